The van der Waals surface area contributed by atoms with E-state index in [0.717, 1.165) is 0 Å². The number of ketones is 2. The summed E-state index contributed by atoms with van der Waals surface area (Å²) < 4.78 is 5.27. The van der Waals surface area contributed by atoms with Crippen LogP contribution >= 0.6 is 0 Å². The predicted molar refractivity (Wildman–Crippen MR) is 151 cm³/mol. The number of phenols is 1. The van der Waals surface area contributed by atoms with Gasteiger partial charge < -0.3 is 36.2 Å². The molecule has 0 spiro atoms. The van der Waals surface area contributed by atoms with Gasteiger partial charge in [-0.2, -0.15) is 0 Å². The number of nitrogens with two attached hydrogens (primary N) is 1. The average Bonchev–Trinajstić information content (AvgIpc) is 2.83. The van der Waals surface area contributed by atoms with E-state index in [4.69, 9.17) is 10.5 Å². The molecule has 12 nitrogen and oxygen atoms in total. The molecule has 4 rings (SSSR count). The number of nitrogens with one attached hydrogen (secondary N) is 1. The molecule has 2 amide bonds. The van der Waals surface area contributed by atoms with Crippen LogP contribution in [0.1, 0.15) is 57.7 Å². The zero-order valence-electron chi connectivity index (χ0n) is 24.9. The molecular weight excluding hydrogens is 546 g/mol. The van der Waals surface area contributed by atoms with Crippen molar-refractivity contribution < 1.29 is 44.3 Å². The van der Waals surface area contributed by atoms with Crippen LogP contribution in [-0.2, 0) is 32.1 Å². The second kappa shape index (κ2) is 9.84. The van der Waals surface area contributed by atoms with Gasteiger partial charge in [-0.15, -0.1) is 0 Å². The molecule has 4 atom stereocenters. The van der Waals surface area contributed by atoms with E-state index < -0.39 is 63.1 Å². The molecule has 0 heterocycles. The number of fused-ring (bicyclic) bond motifs is 3. The van der Waals surface area contributed by atoms with E-state index in [1.54, 1.807) is 27.1 Å². The molecule has 0 bridgehead atoms. The number of hydrogen-bond donors (Lipinski definition) is 6. The number of likely N-dealkylation sites (N-methyl/N-ethyl adjacent to an activating group) is 1. The number of hydrogen-bond acceptors (Lipinski definition) is 10. The number of amides is 2. The van der Waals surface area contributed by atoms with Crippen LogP contribution in [0.5, 0.6) is 5.75 Å². The fraction of sp³-hybridized carbons (Fsp3) is 0.533. The Morgan fingerprint density at radius 3 is 2.31 bits per heavy atom. The van der Waals surface area contributed by atoms with E-state index >= 15 is 0 Å². The molecule has 1 aromatic rings. The first kappa shape index (κ1) is 31.0. The summed E-state index contributed by atoms with van der Waals surface area (Å²) in [6.07, 6.45) is -0.674. The van der Waals surface area contributed by atoms with Gasteiger partial charge in [0, 0.05) is 22.9 Å². The van der Waals surface area contributed by atoms with E-state index in [2.05, 4.69) is 5.32 Å². The molecule has 1 aromatic carbocycles. The largest absolute Gasteiger partial charge is 0.508 e. The van der Waals surface area contributed by atoms with Crippen molar-refractivity contribution in [3.8, 4) is 5.75 Å². The summed E-state index contributed by atoms with van der Waals surface area (Å²) in [6.45, 7) is 9.10. The van der Waals surface area contributed by atoms with Crippen molar-refractivity contribution in [1.29, 1.82) is 0 Å². The number of alkyl carbamates (subject to hydrolysis) is 1. The summed E-state index contributed by atoms with van der Waals surface area (Å²) in [4.78, 5) is 53.8. The highest BCUT2D eigenvalue weighted by Gasteiger charge is 2.72. The van der Waals surface area contributed by atoms with Gasteiger partial charge in [0.25, 0.3) is 5.91 Å². The number of nitrogens with zero attached hydrogens (tertiary/aromatic N) is 1. The van der Waals surface area contributed by atoms with Crippen molar-refractivity contribution in [3.63, 3.8) is 0 Å². The van der Waals surface area contributed by atoms with Gasteiger partial charge in [-0.05, 0) is 49.5 Å². The molecule has 0 saturated heterocycles. The Morgan fingerprint density at radius 2 is 1.76 bits per heavy atom. The lowest BCUT2D eigenvalue weighted by Crippen LogP contribution is -2.72. The van der Waals surface area contributed by atoms with E-state index in [9.17, 15) is 39.6 Å². The van der Waals surface area contributed by atoms with Crippen molar-refractivity contribution in [2.75, 3.05) is 20.7 Å². The Bertz CT molecular complexity index is 1470. The summed E-state index contributed by atoms with van der Waals surface area (Å²) in [5, 5.41) is 48.1. The topological polar surface area (TPSA) is 200 Å². The van der Waals surface area contributed by atoms with Crippen LogP contribution < -0.4 is 11.1 Å². The van der Waals surface area contributed by atoms with E-state index in [1.165, 1.54) is 17.9 Å². The number of phenolic OH excluding ortho intramolecular Hbond substituents is 1. The molecular formula is C30H39N3O9. The van der Waals surface area contributed by atoms with Crippen molar-refractivity contribution in [3.05, 3.63) is 45.7 Å². The van der Waals surface area contributed by atoms with Crippen molar-refractivity contribution in [2.24, 2.45) is 22.0 Å². The van der Waals surface area contributed by atoms with Gasteiger partial charge in [-0.3, -0.25) is 19.3 Å². The van der Waals surface area contributed by atoms with E-state index in [0.29, 0.717) is 11.1 Å². The summed E-state index contributed by atoms with van der Waals surface area (Å²) in [6, 6.07) is 1.66. The number of carbonyl (C=O) groups excluding carboxylic acids is 4. The monoisotopic (exact) mass is 585 g/mol. The second-order valence-corrected chi connectivity index (χ2v) is 13.5. The minimum Gasteiger partial charge on any atom is -0.508 e. The minimum absolute atomic E-state index is 0.0102. The van der Waals surface area contributed by atoms with E-state index in [1.807, 2.05) is 20.8 Å². The van der Waals surface area contributed by atoms with Crippen LogP contribution in [0.3, 0.4) is 0 Å². The zero-order chi connectivity index (χ0) is 31.7. The van der Waals surface area contributed by atoms with Crippen LogP contribution in [0.25, 0.3) is 5.76 Å². The third-order valence-electron chi connectivity index (χ3n) is 8.67. The molecule has 228 valence electrons. The van der Waals surface area contributed by atoms with Crippen LogP contribution in [0.15, 0.2) is 29.0 Å². The Hall–Kier alpha value is -3.90. The van der Waals surface area contributed by atoms with Crippen LogP contribution in [0, 0.1) is 16.2 Å². The summed E-state index contributed by atoms with van der Waals surface area (Å²) in [5.74, 6) is -5.35. The number of aromatic hydroxyl groups is 1. The molecule has 1 fully saturated rings. The first-order chi connectivity index (χ1) is 19.2. The maximum atomic E-state index is 14.3. The third-order valence-corrected chi connectivity index (χ3v) is 8.67. The molecule has 0 aliphatic heterocycles. The van der Waals surface area contributed by atoms with Crippen LogP contribution in [0.2, 0.25) is 0 Å². The maximum Gasteiger partial charge on any atom is 0.407 e. The number of carbonyl (C=O) groups is 4. The van der Waals surface area contributed by atoms with Gasteiger partial charge in [-0.25, -0.2) is 4.79 Å². The third kappa shape index (κ3) is 4.44. The molecule has 3 aliphatic carbocycles. The van der Waals surface area contributed by atoms with Crippen LogP contribution in [-0.4, -0.2) is 81.2 Å². The molecule has 7 N–H and O–H groups in total. The molecule has 42 heavy (non-hydrogen) atoms. The Kier molecular flexibility index (Phi) is 7.27. The first-order valence-corrected chi connectivity index (χ1v) is 13.6. The Labute approximate surface area is 243 Å². The van der Waals surface area contributed by atoms with Gasteiger partial charge >= 0.3 is 6.09 Å². The van der Waals surface area contributed by atoms with E-state index in [-0.39, 0.29) is 48.3 Å². The second-order valence-electron chi connectivity index (χ2n) is 13.5. The first-order valence-electron chi connectivity index (χ1n) is 13.6. The normalized spacial score (nSPS) is 29.2. The summed E-state index contributed by atoms with van der Waals surface area (Å²) >= 11 is 0. The average molecular weight is 586 g/mol. The predicted octanol–water partition coefficient (Wildman–Crippen LogP) is 2.02. The molecule has 3 aliphatic rings. The Balaban J connectivity index is 1.87. The SMILES string of the molecule is CN(C)[C@@H]1C(=O)C(C(N)=O)=C(O)[C@@]2(O)C(=O)C3=C(O)c4c(O)ccc(CNC(=O)OCC(C)(C)C)c4C[C@@]3(C)C[C@@]12C. The number of primary amides is 1. The number of rotatable bonds is 5. The lowest BCUT2D eigenvalue weighted by atomic mass is 9.46. The smallest absolute Gasteiger partial charge is 0.407 e. The quantitative estimate of drug-likeness (QED) is 0.278. The standard InChI is InChI=1S/C30H39N3O9/c1-27(2,3)13-42-26(40)32-11-14-8-9-16(34)17-15(14)10-28(4)12-29(5)22(33(6)7)21(36)18(25(31)39)23(37)30(29,41)24(38)19(28)20(17)35/h8-9,22,34-35,37,41H,10-13H2,1-7H3,(H2,31,39)(H,32,40)/t22-,28+,29+,30-/m1/s1. The summed E-state index contributed by atoms with van der Waals surface area (Å²) in [7, 11) is 3.09. The van der Waals surface area contributed by atoms with Gasteiger partial charge in [0.1, 0.15) is 22.8 Å². The minimum atomic E-state index is -2.79. The highest BCUT2D eigenvalue weighted by Crippen LogP contribution is 2.63. The van der Waals surface area contributed by atoms with Gasteiger partial charge in [0.05, 0.1) is 18.2 Å². The molecule has 12 heteroatoms. The molecule has 0 unspecified atom stereocenters. The van der Waals surface area contributed by atoms with Crippen molar-refractivity contribution in [1.82, 2.24) is 10.2 Å². The molecule has 1 saturated carbocycles. The number of ether oxygens (including phenoxy) is 1. The Morgan fingerprint density at radius 1 is 1.14 bits per heavy atom. The van der Waals surface area contributed by atoms with Gasteiger partial charge in [0.2, 0.25) is 5.78 Å². The van der Waals surface area contributed by atoms with Crippen molar-refractivity contribution >= 4 is 29.3 Å². The molecule has 0 radical (unpaired) electrons. The summed E-state index contributed by atoms with van der Waals surface area (Å²) in [5.41, 5.74) is -0.695. The lowest BCUT2D eigenvalue weighted by molar-refractivity contribution is -0.176. The van der Waals surface area contributed by atoms with Gasteiger partial charge in [-0.1, -0.05) is 40.7 Å². The molecule has 0 aromatic heterocycles. The highest BCUT2D eigenvalue weighted by atomic mass is 16.5. The number of aliphatic hydroxyl groups excluding tert-OH is 2. The zero-order valence-corrected chi connectivity index (χ0v) is 24.9. The van der Waals surface area contributed by atoms with Gasteiger partial charge in [0.15, 0.2) is 11.4 Å². The lowest BCUT2D eigenvalue weighted by Gasteiger charge is -2.59. The van der Waals surface area contributed by atoms with Crippen molar-refractivity contribution in [2.45, 2.75) is 65.6 Å². The fourth-order valence-electron chi connectivity index (χ4n) is 7.05. The number of benzene rings is 1. The van der Waals surface area contributed by atoms with Crippen LogP contribution in [0.4, 0.5) is 4.79 Å². The maximum absolute atomic E-state index is 14.3. The fourth-order valence-corrected chi connectivity index (χ4v) is 7.05. The number of aliphatic hydroxyl groups is 3. The number of Topliss-reactive ketones (excluding diaryl/α,β-unsaturated/α-hetero) is 2. The highest BCUT2D eigenvalue weighted by molar-refractivity contribution is 6.25.